The number of carbonyl (C=O) groups is 2. The molecule has 3 rings (SSSR count). The van der Waals surface area contributed by atoms with E-state index in [0.29, 0.717) is 11.4 Å². The SMILES string of the molecule is Cc1ccc(NC(=O)C2CC(=O)NC(=NN=Cc3ccco3)S2)cc1C. The van der Waals surface area contributed by atoms with Crippen molar-refractivity contribution in [3.05, 3.63) is 53.5 Å². The van der Waals surface area contributed by atoms with E-state index in [0.717, 1.165) is 11.1 Å². The first-order valence-corrected chi connectivity index (χ1v) is 8.88. The quantitative estimate of drug-likeness (QED) is 0.639. The smallest absolute Gasteiger partial charge is 0.238 e. The van der Waals surface area contributed by atoms with Crippen LogP contribution in [0.5, 0.6) is 0 Å². The minimum atomic E-state index is -0.567. The molecule has 1 unspecified atom stereocenters. The van der Waals surface area contributed by atoms with Gasteiger partial charge in [0.25, 0.3) is 0 Å². The number of aryl methyl sites for hydroxylation is 2. The van der Waals surface area contributed by atoms with E-state index in [-0.39, 0.29) is 23.4 Å². The predicted octanol–water partition coefficient (Wildman–Crippen LogP) is 2.85. The van der Waals surface area contributed by atoms with Crippen LogP contribution in [0.3, 0.4) is 0 Å². The highest BCUT2D eigenvalue weighted by Gasteiger charge is 2.30. The Labute approximate surface area is 155 Å². The standard InChI is InChI=1S/C18H18N4O3S/c1-11-5-6-13(8-12(11)2)20-17(24)15-9-16(23)21-18(26-15)22-19-10-14-4-3-7-25-14/h3-8,10,15H,9H2,1-2H3,(H,20,24)(H,21,22,23). The summed E-state index contributed by atoms with van der Waals surface area (Å²) in [6.07, 6.45) is 3.04. The number of rotatable bonds is 4. The van der Waals surface area contributed by atoms with Gasteiger partial charge in [0.05, 0.1) is 12.5 Å². The summed E-state index contributed by atoms with van der Waals surface area (Å²) >= 11 is 1.17. The zero-order valence-electron chi connectivity index (χ0n) is 14.4. The van der Waals surface area contributed by atoms with Gasteiger partial charge in [-0.05, 0) is 49.2 Å². The lowest BCUT2D eigenvalue weighted by molar-refractivity contribution is -0.123. The third kappa shape index (κ3) is 4.60. The van der Waals surface area contributed by atoms with E-state index < -0.39 is 5.25 Å². The Balaban J connectivity index is 1.66. The van der Waals surface area contributed by atoms with E-state index in [4.69, 9.17) is 4.42 Å². The van der Waals surface area contributed by atoms with Gasteiger partial charge in [-0.15, -0.1) is 5.10 Å². The van der Waals surface area contributed by atoms with Crippen LogP contribution in [0, 0.1) is 13.8 Å². The summed E-state index contributed by atoms with van der Waals surface area (Å²) in [6.45, 7) is 3.99. The third-order valence-corrected chi connectivity index (χ3v) is 4.89. The largest absolute Gasteiger partial charge is 0.463 e. The van der Waals surface area contributed by atoms with Gasteiger partial charge < -0.3 is 15.1 Å². The molecule has 1 aliphatic heterocycles. The molecule has 134 valence electrons. The van der Waals surface area contributed by atoms with Gasteiger partial charge in [0.2, 0.25) is 11.8 Å². The van der Waals surface area contributed by atoms with Crippen molar-refractivity contribution >= 4 is 40.6 Å². The van der Waals surface area contributed by atoms with E-state index in [1.165, 1.54) is 24.2 Å². The first kappa shape index (κ1) is 17.9. The molecule has 1 atom stereocenters. The monoisotopic (exact) mass is 370 g/mol. The molecule has 0 aliphatic carbocycles. The molecule has 0 radical (unpaired) electrons. The van der Waals surface area contributed by atoms with Gasteiger partial charge in [-0.1, -0.05) is 17.8 Å². The summed E-state index contributed by atoms with van der Waals surface area (Å²) in [5, 5.41) is 13.0. The van der Waals surface area contributed by atoms with Gasteiger partial charge in [0, 0.05) is 12.1 Å². The van der Waals surface area contributed by atoms with Crippen molar-refractivity contribution in [2.75, 3.05) is 5.32 Å². The number of amides is 2. The molecule has 0 bridgehead atoms. The molecule has 7 nitrogen and oxygen atoms in total. The van der Waals surface area contributed by atoms with Gasteiger partial charge in [0.15, 0.2) is 5.17 Å². The van der Waals surface area contributed by atoms with Gasteiger partial charge in [-0.2, -0.15) is 5.10 Å². The van der Waals surface area contributed by atoms with Crippen molar-refractivity contribution in [3.8, 4) is 0 Å². The number of nitrogens with zero attached hydrogens (tertiary/aromatic N) is 2. The fraction of sp³-hybridized carbons (Fsp3) is 0.222. The molecule has 1 aromatic heterocycles. The second-order valence-corrected chi connectivity index (χ2v) is 7.00. The molecule has 1 fully saturated rings. The fourth-order valence-corrected chi connectivity index (χ4v) is 3.22. The summed E-state index contributed by atoms with van der Waals surface area (Å²) in [4.78, 5) is 24.4. The maximum Gasteiger partial charge on any atom is 0.238 e. The number of amidine groups is 1. The zero-order chi connectivity index (χ0) is 18.5. The van der Waals surface area contributed by atoms with E-state index in [9.17, 15) is 9.59 Å². The number of benzene rings is 1. The molecular formula is C18H18N4O3S. The maximum atomic E-state index is 12.5. The average molecular weight is 370 g/mol. The molecule has 0 saturated carbocycles. The summed E-state index contributed by atoms with van der Waals surface area (Å²) in [5.41, 5.74) is 2.95. The molecule has 0 spiro atoms. The molecule has 2 heterocycles. The van der Waals surface area contributed by atoms with Crippen LogP contribution in [-0.2, 0) is 9.59 Å². The van der Waals surface area contributed by atoms with E-state index >= 15 is 0 Å². The van der Waals surface area contributed by atoms with Crippen LogP contribution >= 0.6 is 11.8 Å². The van der Waals surface area contributed by atoms with Crippen LogP contribution < -0.4 is 10.6 Å². The Bertz CT molecular complexity index is 875. The van der Waals surface area contributed by atoms with Crippen LogP contribution in [0.1, 0.15) is 23.3 Å². The number of furan rings is 1. The number of anilines is 1. The molecular weight excluding hydrogens is 352 g/mol. The van der Waals surface area contributed by atoms with Gasteiger partial charge in [0.1, 0.15) is 11.0 Å². The number of carbonyl (C=O) groups excluding carboxylic acids is 2. The Morgan fingerprint density at radius 1 is 1.35 bits per heavy atom. The Hall–Kier alpha value is -2.87. The molecule has 1 aliphatic rings. The van der Waals surface area contributed by atoms with Crippen molar-refractivity contribution in [2.24, 2.45) is 10.2 Å². The highest BCUT2D eigenvalue weighted by molar-refractivity contribution is 8.15. The van der Waals surface area contributed by atoms with Crippen molar-refractivity contribution in [3.63, 3.8) is 0 Å². The van der Waals surface area contributed by atoms with E-state index in [2.05, 4.69) is 20.8 Å². The summed E-state index contributed by atoms with van der Waals surface area (Å²) < 4.78 is 5.11. The number of nitrogens with one attached hydrogen (secondary N) is 2. The van der Waals surface area contributed by atoms with Crippen LogP contribution in [-0.4, -0.2) is 28.4 Å². The zero-order valence-corrected chi connectivity index (χ0v) is 15.2. The highest BCUT2D eigenvalue weighted by Crippen LogP contribution is 2.23. The topological polar surface area (TPSA) is 96.1 Å². The lowest BCUT2D eigenvalue weighted by Gasteiger charge is -2.21. The van der Waals surface area contributed by atoms with E-state index in [1.54, 1.807) is 12.1 Å². The third-order valence-electron chi connectivity index (χ3n) is 3.81. The number of thioether (sulfide) groups is 1. The maximum absolute atomic E-state index is 12.5. The Kier molecular flexibility index (Phi) is 5.52. The molecule has 8 heteroatoms. The summed E-state index contributed by atoms with van der Waals surface area (Å²) in [7, 11) is 0. The first-order valence-electron chi connectivity index (χ1n) is 8.00. The Morgan fingerprint density at radius 3 is 2.92 bits per heavy atom. The first-order chi connectivity index (χ1) is 12.5. The van der Waals surface area contributed by atoms with Crippen molar-refractivity contribution in [1.29, 1.82) is 0 Å². The summed E-state index contributed by atoms with van der Waals surface area (Å²) in [5.74, 6) is 0.0391. The van der Waals surface area contributed by atoms with E-state index in [1.807, 2.05) is 32.0 Å². The second-order valence-electron chi connectivity index (χ2n) is 5.81. The van der Waals surface area contributed by atoms with Crippen LogP contribution in [0.4, 0.5) is 5.69 Å². The van der Waals surface area contributed by atoms with Crippen LogP contribution in [0.2, 0.25) is 0 Å². The fourth-order valence-electron chi connectivity index (χ4n) is 2.28. The predicted molar refractivity (Wildman–Crippen MR) is 102 cm³/mol. The van der Waals surface area contributed by atoms with Crippen molar-refractivity contribution < 1.29 is 14.0 Å². The lowest BCUT2D eigenvalue weighted by atomic mass is 10.1. The molecule has 1 saturated heterocycles. The second kappa shape index (κ2) is 8.01. The molecule has 2 amide bonds. The van der Waals surface area contributed by atoms with Gasteiger partial charge in [-0.3, -0.25) is 9.59 Å². The molecule has 2 aromatic rings. The van der Waals surface area contributed by atoms with Gasteiger partial charge >= 0.3 is 0 Å². The highest BCUT2D eigenvalue weighted by atomic mass is 32.2. The minimum Gasteiger partial charge on any atom is -0.463 e. The van der Waals surface area contributed by atoms with Crippen molar-refractivity contribution in [1.82, 2.24) is 5.32 Å². The number of hydrogen-bond acceptors (Lipinski definition) is 6. The van der Waals surface area contributed by atoms with Gasteiger partial charge in [-0.25, -0.2) is 0 Å². The van der Waals surface area contributed by atoms with Crippen LogP contribution in [0.25, 0.3) is 0 Å². The lowest BCUT2D eigenvalue weighted by Crippen LogP contribution is -2.41. The molecule has 2 N–H and O–H groups in total. The van der Waals surface area contributed by atoms with Crippen molar-refractivity contribution in [2.45, 2.75) is 25.5 Å². The number of hydrogen-bond donors (Lipinski definition) is 2. The van der Waals surface area contributed by atoms with Crippen LogP contribution in [0.15, 0.2) is 51.2 Å². The summed E-state index contributed by atoms with van der Waals surface area (Å²) in [6, 6.07) is 9.16. The average Bonchev–Trinajstić information content (AvgIpc) is 3.11. The minimum absolute atomic E-state index is 0.0856. The normalized spacial score (nSPS) is 18.9. The molecule has 26 heavy (non-hydrogen) atoms. The molecule has 1 aromatic carbocycles. The Morgan fingerprint density at radius 2 is 2.19 bits per heavy atom.